The van der Waals surface area contributed by atoms with Crippen LogP contribution in [0.2, 0.25) is 0 Å². The molecule has 1 heterocycles. The second kappa shape index (κ2) is 13.0. The number of sulfonamides is 1. The van der Waals surface area contributed by atoms with Gasteiger partial charge in [-0.1, -0.05) is 43.7 Å². The Morgan fingerprint density at radius 3 is 2.26 bits per heavy atom. The van der Waals surface area contributed by atoms with Crippen molar-refractivity contribution in [3.05, 3.63) is 78.4 Å². The maximum Gasteiger partial charge on any atom is 0.243 e. The monoisotopic (exact) mass is 550 g/mol. The third kappa shape index (κ3) is 7.30. The van der Waals surface area contributed by atoms with Crippen molar-refractivity contribution in [1.29, 1.82) is 0 Å². The molecule has 1 amide bonds. The van der Waals surface area contributed by atoms with Gasteiger partial charge in [-0.2, -0.15) is 0 Å². The number of ether oxygens (including phenoxy) is 1. The molecule has 1 aliphatic heterocycles. The van der Waals surface area contributed by atoms with Gasteiger partial charge in [0.05, 0.1) is 12.8 Å². The van der Waals surface area contributed by atoms with Crippen LogP contribution in [0.3, 0.4) is 0 Å². The second-order valence-electron chi connectivity index (χ2n) is 9.76. The molecule has 0 saturated carbocycles. The summed E-state index contributed by atoms with van der Waals surface area (Å²) in [5.41, 5.74) is 3.08. The molecule has 0 aliphatic carbocycles. The molecule has 4 rings (SSSR count). The number of unbranched alkanes of at least 4 members (excludes halogenated alkanes) is 1. The third-order valence-corrected chi connectivity index (χ3v) is 8.55. The summed E-state index contributed by atoms with van der Waals surface area (Å²) in [6.45, 7) is 6.66. The summed E-state index contributed by atoms with van der Waals surface area (Å²) in [5, 5.41) is 2.87. The zero-order valence-corrected chi connectivity index (χ0v) is 23.7. The SMILES string of the molecule is CCCCC(=O)Nc1ccc(N2CCN(c3ccc(OC)cc3)CC2)c(S(=O)(=O)N[C@@H](C)c2ccccc2)c1. The van der Waals surface area contributed by atoms with Gasteiger partial charge in [-0.15, -0.1) is 0 Å². The average Bonchev–Trinajstić information content (AvgIpc) is 2.96. The second-order valence-corrected chi connectivity index (χ2v) is 11.4. The van der Waals surface area contributed by atoms with Crippen molar-refractivity contribution in [3.8, 4) is 5.75 Å². The first-order chi connectivity index (χ1) is 18.8. The predicted octanol–water partition coefficient (Wildman–Crippen LogP) is 5.19. The smallest absolute Gasteiger partial charge is 0.243 e. The highest BCUT2D eigenvalue weighted by Crippen LogP contribution is 2.31. The van der Waals surface area contributed by atoms with E-state index in [9.17, 15) is 13.2 Å². The Labute approximate surface area is 232 Å². The molecule has 3 aromatic carbocycles. The Bertz CT molecular complexity index is 1340. The summed E-state index contributed by atoms with van der Waals surface area (Å²) in [6.07, 6.45) is 2.09. The van der Waals surface area contributed by atoms with E-state index in [2.05, 4.69) is 19.8 Å². The molecule has 1 fully saturated rings. The molecule has 3 aromatic rings. The van der Waals surface area contributed by atoms with E-state index in [0.717, 1.165) is 42.9 Å². The summed E-state index contributed by atoms with van der Waals surface area (Å²) < 4.78 is 35.6. The molecular formula is C30H38N4O4S. The number of amides is 1. The van der Waals surface area contributed by atoms with Crippen LogP contribution in [-0.2, 0) is 14.8 Å². The molecule has 9 heteroatoms. The molecule has 0 aromatic heterocycles. The van der Waals surface area contributed by atoms with E-state index in [4.69, 9.17) is 4.74 Å². The molecule has 39 heavy (non-hydrogen) atoms. The fourth-order valence-electron chi connectivity index (χ4n) is 4.73. The summed E-state index contributed by atoms with van der Waals surface area (Å²) in [4.78, 5) is 16.9. The van der Waals surface area contributed by atoms with Crippen molar-refractivity contribution in [2.45, 2.75) is 44.0 Å². The highest BCUT2D eigenvalue weighted by atomic mass is 32.2. The first kappa shape index (κ1) is 28.4. The molecule has 0 bridgehead atoms. The molecule has 208 valence electrons. The molecular weight excluding hydrogens is 512 g/mol. The predicted molar refractivity (Wildman–Crippen MR) is 157 cm³/mol. The maximum absolute atomic E-state index is 13.8. The van der Waals surface area contributed by atoms with Crippen molar-refractivity contribution in [3.63, 3.8) is 0 Å². The van der Waals surface area contributed by atoms with Gasteiger partial charge in [0.1, 0.15) is 10.6 Å². The lowest BCUT2D eigenvalue weighted by Crippen LogP contribution is -2.47. The van der Waals surface area contributed by atoms with E-state index in [0.29, 0.717) is 30.9 Å². The summed E-state index contributed by atoms with van der Waals surface area (Å²) in [7, 11) is -2.26. The van der Waals surface area contributed by atoms with Gasteiger partial charge in [-0.25, -0.2) is 13.1 Å². The number of piperazine rings is 1. The van der Waals surface area contributed by atoms with Crippen molar-refractivity contribution < 1.29 is 17.9 Å². The largest absolute Gasteiger partial charge is 0.497 e. The number of nitrogens with zero attached hydrogens (tertiary/aromatic N) is 2. The number of rotatable bonds is 11. The number of methoxy groups -OCH3 is 1. The van der Waals surface area contributed by atoms with Crippen LogP contribution < -0.4 is 24.6 Å². The maximum atomic E-state index is 13.8. The summed E-state index contributed by atoms with van der Waals surface area (Å²) >= 11 is 0. The number of hydrogen-bond donors (Lipinski definition) is 2. The van der Waals surface area contributed by atoms with Crippen LogP contribution in [0.4, 0.5) is 17.1 Å². The quantitative estimate of drug-likeness (QED) is 0.342. The van der Waals surface area contributed by atoms with Gasteiger partial charge in [0.25, 0.3) is 0 Å². The van der Waals surface area contributed by atoms with E-state index < -0.39 is 16.1 Å². The third-order valence-electron chi connectivity index (χ3n) is 6.98. The number of benzene rings is 3. The Kier molecular flexibility index (Phi) is 9.48. The molecule has 0 radical (unpaired) electrons. The van der Waals surface area contributed by atoms with Crippen LogP contribution in [-0.4, -0.2) is 47.6 Å². The van der Waals surface area contributed by atoms with E-state index in [1.807, 2.05) is 68.4 Å². The fraction of sp³-hybridized carbons (Fsp3) is 0.367. The van der Waals surface area contributed by atoms with Gasteiger partial charge >= 0.3 is 0 Å². The van der Waals surface area contributed by atoms with Crippen molar-refractivity contribution in [2.24, 2.45) is 0 Å². The van der Waals surface area contributed by atoms with Crippen molar-refractivity contribution >= 4 is 33.0 Å². The van der Waals surface area contributed by atoms with E-state index in [1.54, 1.807) is 25.3 Å². The number of carbonyl (C=O) groups is 1. The fourth-order valence-corrected chi connectivity index (χ4v) is 6.22. The number of nitrogens with one attached hydrogen (secondary N) is 2. The Morgan fingerprint density at radius 1 is 0.949 bits per heavy atom. The van der Waals surface area contributed by atoms with Crippen molar-refractivity contribution in [2.75, 3.05) is 48.4 Å². The van der Waals surface area contributed by atoms with Crippen LogP contribution in [0.15, 0.2) is 77.7 Å². The van der Waals surface area contributed by atoms with Crippen LogP contribution in [0.1, 0.15) is 44.7 Å². The highest BCUT2D eigenvalue weighted by Gasteiger charge is 2.27. The van der Waals surface area contributed by atoms with Gasteiger partial charge in [0.15, 0.2) is 0 Å². The number of carbonyl (C=O) groups excluding carboxylic acids is 1. The molecule has 2 N–H and O–H groups in total. The first-order valence-corrected chi connectivity index (χ1v) is 14.9. The van der Waals surface area contributed by atoms with Gasteiger partial charge in [-0.05, 0) is 61.4 Å². The van der Waals surface area contributed by atoms with Gasteiger partial charge in [0, 0.05) is 50.0 Å². The summed E-state index contributed by atoms with van der Waals surface area (Å²) in [5.74, 6) is 0.693. The molecule has 8 nitrogen and oxygen atoms in total. The Hall–Kier alpha value is -3.56. The van der Waals surface area contributed by atoms with Gasteiger partial charge < -0.3 is 19.9 Å². The minimum absolute atomic E-state index is 0.119. The molecule has 1 atom stereocenters. The standard InChI is InChI=1S/C30H38N4O4S/c1-4-5-11-30(35)31-25-12-17-28(29(22-25)39(36,37)32-23(2)24-9-7-6-8-10-24)34-20-18-33(19-21-34)26-13-15-27(38-3)16-14-26/h6-10,12-17,22-23,32H,4-5,11,18-21H2,1-3H3,(H,31,35)/t23-/m0/s1. The first-order valence-electron chi connectivity index (χ1n) is 13.5. The Balaban J connectivity index is 1.57. The zero-order chi connectivity index (χ0) is 27.8. The van der Waals surface area contributed by atoms with E-state index in [-0.39, 0.29) is 10.8 Å². The van der Waals surface area contributed by atoms with Crippen molar-refractivity contribution in [1.82, 2.24) is 4.72 Å². The topological polar surface area (TPSA) is 91.0 Å². The normalized spacial score (nSPS) is 14.6. The number of anilines is 3. The van der Waals surface area contributed by atoms with Crippen LogP contribution in [0.25, 0.3) is 0 Å². The number of hydrogen-bond acceptors (Lipinski definition) is 6. The lowest BCUT2D eigenvalue weighted by Gasteiger charge is -2.38. The zero-order valence-electron chi connectivity index (χ0n) is 22.9. The minimum Gasteiger partial charge on any atom is -0.497 e. The highest BCUT2D eigenvalue weighted by molar-refractivity contribution is 7.89. The van der Waals surface area contributed by atoms with E-state index in [1.165, 1.54) is 0 Å². The molecule has 1 saturated heterocycles. The molecule has 0 unspecified atom stereocenters. The van der Waals surface area contributed by atoms with Gasteiger partial charge in [-0.3, -0.25) is 4.79 Å². The lowest BCUT2D eigenvalue weighted by molar-refractivity contribution is -0.116. The lowest BCUT2D eigenvalue weighted by atomic mass is 10.1. The van der Waals surface area contributed by atoms with Gasteiger partial charge in [0.2, 0.25) is 15.9 Å². The van der Waals surface area contributed by atoms with E-state index >= 15 is 0 Å². The minimum atomic E-state index is -3.91. The summed E-state index contributed by atoms with van der Waals surface area (Å²) in [6, 6.07) is 22.2. The van der Waals surface area contributed by atoms with Crippen LogP contribution >= 0.6 is 0 Å². The Morgan fingerprint density at radius 2 is 1.62 bits per heavy atom. The van der Waals surface area contributed by atoms with Crippen LogP contribution in [0.5, 0.6) is 5.75 Å². The average molecular weight is 551 g/mol. The van der Waals surface area contributed by atoms with Crippen LogP contribution in [0, 0.1) is 0 Å². The molecule has 1 aliphatic rings. The molecule has 0 spiro atoms.